The van der Waals surface area contributed by atoms with Gasteiger partial charge in [-0.1, -0.05) is 6.07 Å². The summed E-state index contributed by atoms with van der Waals surface area (Å²) in [5.74, 6) is 0. The Kier molecular flexibility index (Phi) is 3.08. The Morgan fingerprint density at radius 2 is 2.11 bits per heavy atom. The number of hydrogen-bond donors (Lipinski definition) is 1. The zero-order valence-corrected chi connectivity index (χ0v) is 11.4. The van der Waals surface area contributed by atoms with Crippen LogP contribution in [0.5, 0.6) is 0 Å². The van der Waals surface area contributed by atoms with Gasteiger partial charge in [-0.05, 0) is 41.9 Å². The SMILES string of the molecule is Cc1nn(-c2cccc(N)c2[N+](=O)[O-])c(C)c1Br. The quantitative estimate of drug-likeness (QED) is 0.525. The van der Waals surface area contributed by atoms with Crippen LogP contribution in [-0.2, 0) is 0 Å². The molecule has 0 radical (unpaired) electrons. The molecule has 0 unspecified atom stereocenters. The van der Waals surface area contributed by atoms with Gasteiger partial charge in [0.25, 0.3) is 0 Å². The molecule has 0 bridgehead atoms. The molecule has 0 aliphatic heterocycles. The van der Waals surface area contributed by atoms with Gasteiger partial charge >= 0.3 is 5.69 Å². The number of halogens is 1. The van der Waals surface area contributed by atoms with Gasteiger partial charge in [0.2, 0.25) is 0 Å². The van der Waals surface area contributed by atoms with Gasteiger partial charge < -0.3 is 5.73 Å². The zero-order chi connectivity index (χ0) is 13.4. The molecule has 6 nitrogen and oxygen atoms in total. The average molecular weight is 311 g/mol. The number of aryl methyl sites for hydroxylation is 1. The largest absolute Gasteiger partial charge is 0.393 e. The minimum atomic E-state index is -0.491. The Labute approximate surface area is 112 Å². The van der Waals surface area contributed by atoms with E-state index in [2.05, 4.69) is 21.0 Å². The number of nitrogens with zero attached hydrogens (tertiary/aromatic N) is 3. The normalized spacial score (nSPS) is 10.6. The van der Waals surface area contributed by atoms with Crippen molar-refractivity contribution < 1.29 is 4.92 Å². The second-order valence-electron chi connectivity index (χ2n) is 3.87. The first-order valence-electron chi connectivity index (χ1n) is 5.18. The first-order chi connectivity index (χ1) is 8.43. The second kappa shape index (κ2) is 4.41. The van der Waals surface area contributed by atoms with Crippen LogP contribution in [0.25, 0.3) is 5.69 Å². The lowest BCUT2D eigenvalue weighted by atomic mass is 10.2. The maximum atomic E-state index is 11.1. The van der Waals surface area contributed by atoms with Crippen molar-refractivity contribution in [3.63, 3.8) is 0 Å². The minimum absolute atomic E-state index is 0.126. The standard InChI is InChI=1S/C11H11BrN4O2/c1-6-10(12)7(2)15(14-6)9-5-3-4-8(13)11(9)16(17)18/h3-5H,13H2,1-2H3. The average Bonchev–Trinajstić information content (AvgIpc) is 2.56. The summed E-state index contributed by atoms with van der Waals surface area (Å²) in [6, 6.07) is 4.80. The molecule has 0 atom stereocenters. The molecule has 94 valence electrons. The van der Waals surface area contributed by atoms with Crippen LogP contribution in [0.4, 0.5) is 11.4 Å². The highest BCUT2D eigenvalue weighted by Crippen LogP contribution is 2.31. The highest BCUT2D eigenvalue weighted by atomic mass is 79.9. The smallest absolute Gasteiger partial charge is 0.317 e. The van der Waals surface area contributed by atoms with Gasteiger partial charge in [-0.25, -0.2) is 4.68 Å². The van der Waals surface area contributed by atoms with E-state index in [4.69, 9.17) is 5.73 Å². The van der Waals surface area contributed by atoms with Gasteiger partial charge in [0.1, 0.15) is 11.4 Å². The summed E-state index contributed by atoms with van der Waals surface area (Å²) >= 11 is 3.39. The Balaban J connectivity index is 2.75. The summed E-state index contributed by atoms with van der Waals surface area (Å²) in [5, 5.41) is 15.4. The van der Waals surface area contributed by atoms with Crippen LogP contribution in [-0.4, -0.2) is 14.7 Å². The highest BCUT2D eigenvalue weighted by Gasteiger charge is 2.22. The first kappa shape index (κ1) is 12.6. The van der Waals surface area contributed by atoms with Crippen molar-refractivity contribution in [2.75, 3.05) is 5.73 Å². The molecule has 1 aromatic heterocycles. The predicted molar refractivity (Wildman–Crippen MR) is 71.8 cm³/mol. The molecule has 1 heterocycles. The molecule has 1 aromatic carbocycles. The molecule has 0 spiro atoms. The number of para-hydroxylation sites is 1. The van der Waals surface area contributed by atoms with Crippen LogP contribution in [0.15, 0.2) is 22.7 Å². The Morgan fingerprint density at radius 3 is 2.61 bits per heavy atom. The fourth-order valence-corrected chi connectivity index (χ4v) is 2.02. The summed E-state index contributed by atoms with van der Waals surface area (Å²) in [5.41, 5.74) is 7.58. The van der Waals surface area contributed by atoms with Gasteiger partial charge in [-0.2, -0.15) is 5.10 Å². The molecular formula is C11H11BrN4O2. The Hall–Kier alpha value is -1.89. The summed E-state index contributed by atoms with van der Waals surface area (Å²) < 4.78 is 2.35. The Morgan fingerprint density at radius 1 is 1.44 bits per heavy atom. The number of aromatic nitrogens is 2. The van der Waals surface area contributed by atoms with Crippen molar-refractivity contribution >= 4 is 27.3 Å². The third kappa shape index (κ3) is 1.86. The molecular weight excluding hydrogens is 300 g/mol. The summed E-state index contributed by atoms with van der Waals surface area (Å²) in [6.07, 6.45) is 0. The minimum Gasteiger partial charge on any atom is -0.393 e. The number of nitro groups is 1. The second-order valence-corrected chi connectivity index (χ2v) is 4.66. The number of rotatable bonds is 2. The van der Waals surface area contributed by atoms with Gasteiger partial charge in [0.05, 0.1) is 20.8 Å². The maximum Gasteiger partial charge on any atom is 0.317 e. The van der Waals surface area contributed by atoms with Crippen molar-refractivity contribution in [3.8, 4) is 5.69 Å². The highest BCUT2D eigenvalue weighted by molar-refractivity contribution is 9.10. The van der Waals surface area contributed by atoms with E-state index >= 15 is 0 Å². The van der Waals surface area contributed by atoms with E-state index in [1.807, 2.05) is 13.8 Å². The first-order valence-corrected chi connectivity index (χ1v) is 5.97. The molecule has 0 fully saturated rings. The lowest BCUT2D eigenvalue weighted by molar-refractivity contribution is -0.383. The molecule has 2 rings (SSSR count). The van der Waals surface area contributed by atoms with Crippen molar-refractivity contribution in [2.45, 2.75) is 13.8 Å². The van der Waals surface area contributed by atoms with Crippen molar-refractivity contribution in [2.24, 2.45) is 0 Å². The van der Waals surface area contributed by atoms with E-state index in [1.54, 1.807) is 12.1 Å². The number of hydrogen-bond acceptors (Lipinski definition) is 4. The number of benzene rings is 1. The van der Waals surface area contributed by atoms with Gasteiger partial charge in [0.15, 0.2) is 0 Å². The van der Waals surface area contributed by atoms with E-state index in [9.17, 15) is 10.1 Å². The van der Waals surface area contributed by atoms with Gasteiger partial charge in [-0.15, -0.1) is 0 Å². The molecule has 0 amide bonds. The number of nitrogens with two attached hydrogens (primary N) is 1. The third-order valence-corrected chi connectivity index (χ3v) is 3.81. The number of nitro benzene ring substituents is 1. The van der Waals surface area contributed by atoms with E-state index < -0.39 is 4.92 Å². The van der Waals surface area contributed by atoms with E-state index in [0.29, 0.717) is 5.69 Å². The molecule has 2 aromatic rings. The summed E-state index contributed by atoms with van der Waals surface area (Å²) in [6.45, 7) is 3.66. The molecule has 0 aliphatic carbocycles. The van der Waals surface area contributed by atoms with Crippen LogP contribution in [0.1, 0.15) is 11.4 Å². The predicted octanol–water partition coefficient (Wildman–Crippen LogP) is 2.74. The molecule has 0 saturated carbocycles. The van der Waals surface area contributed by atoms with Crippen molar-refractivity contribution in [1.29, 1.82) is 0 Å². The zero-order valence-electron chi connectivity index (χ0n) is 9.85. The lowest BCUT2D eigenvalue weighted by Gasteiger charge is -2.06. The van der Waals surface area contributed by atoms with Gasteiger partial charge in [-0.3, -0.25) is 10.1 Å². The van der Waals surface area contributed by atoms with Crippen LogP contribution in [0.3, 0.4) is 0 Å². The van der Waals surface area contributed by atoms with E-state index in [-0.39, 0.29) is 11.4 Å². The molecule has 0 saturated heterocycles. The van der Waals surface area contributed by atoms with Crippen LogP contribution < -0.4 is 5.73 Å². The van der Waals surface area contributed by atoms with E-state index in [1.165, 1.54) is 10.7 Å². The van der Waals surface area contributed by atoms with Crippen LogP contribution in [0.2, 0.25) is 0 Å². The fraction of sp³-hybridized carbons (Fsp3) is 0.182. The lowest BCUT2D eigenvalue weighted by Crippen LogP contribution is -2.06. The Bertz CT molecular complexity index is 636. The van der Waals surface area contributed by atoms with Crippen molar-refractivity contribution in [3.05, 3.63) is 44.2 Å². The summed E-state index contributed by atoms with van der Waals surface area (Å²) in [7, 11) is 0. The van der Waals surface area contributed by atoms with Gasteiger partial charge in [0, 0.05) is 0 Å². The van der Waals surface area contributed by atoms with Crippen molar-refractivity contribution in [1.82, 2.24) is 9.78 Å². The van der Waals surface area contributed by atoms with Crippen LogP contribution >= 0.6 is 15.9 Å². The molecule has 0 aliphatic rings. The van der Waals surface area contributed by atoms with Crippen LogP contribution in [0, 0.1) is 24.0 Å². The van der Waals surface area contributed by atoms with E-state index in [0.717, 1.165) is 15.9 Å². The summed E-state index contributed by atoms with van der Waals surface area (Å²) in [4.78, 5) is 10.6. The third-order valence-electron chi connectivity index (χ3n) is 2.66. The topological polar surface area (TPSA) is 87.0 Å². The maximum absolute atomic E-state index is 11.1. The molecule has 7 heteroatoms. The monoisotopic (exact) mass is 310 g/mol. The molecule has 18 heavy (non-hydrogen) atoms. The fourth-order valence-electron chi connectivity index (χ4n) is 1.78. The number of nitrogen functional groups attached to an aromatic ring is 1. The number of anilines is 1. The molecule has 2 N–H and O–H groups in total.